The summed E-state index contributed by atoms with van der Waals surface area (Å²) in [6, 6.07) is 7.14. The van der Waals surface area contributed by atoms with Crippen molar-refractivity contribution < 1.29 is 4.74 Å². The normalized spacial score (nSPS) is 20.4. The molecule has 1 atom stereocenters. The maximum atomic E-state index is 12.9. The molecule has 1 N–H and O–H groups in total. The van der Waals surface area contributed by atoms with Crippen LogP contribution in [0.25, 0.3) is 0 Å². The predicted octanol–water partition coefficient (Wildman–Crippen LogP) is 3.76. The summed E-state index contributed by atoms with van der Waals surface area (Å²) in [6.07, 6.45) is 6.20. The van der Waals surface area contributed by atoms with E-state index < -0.39 is 0 Å². The summed E-state index contributed by atoms with van der Waals surface area (Å²) in [6.45, 7) is 0. The van der Waals surface area contributed by atoms with Gasteiger partial charge in [-0.3, -0.25) is 9.36 Å². The van der Waals surface area contributed by atoms with Crippen molar-refractivity contribution in [3.8, 4) is 5.75 Å². The van der Waals surface area contributed by atoms with Gasteiger partial charge in [0.2, 0.25) is 0 Å². The summed E-state index contributed by atoms with van der Waals surface area (Å²) in [5.74, 6) is 0.680. The van der Waals surface area contributed by atoms with Gasteiger partial charge in [-0.15, -0.1) is 0 Å². The molecule has 4 rings (SSSR count). The van der Waals surface area contributed by atoms with Crippen LogP contribution in [0, 0.1) is 0 Å². The maximum absolute atomic E-state index is 12.9. The zero-order valence-corrected chi connectivity index (χ0v) is 14.7. The first-order valence-corrected chi connectivity index (χ1v) is 9.31. The molecule has 0 bridgehead atoms. The number of hydrogen-bond donors (Lipinski definition) is 1. The summed E-state index contributed by atoms with van der Waals surface area (Å²) in [4.78, 5) is 28.4. The Morgan fingerprint density at radius 1 is 1.04 bits per heavy atom. The second kappa shape index (κ2) is 6.71. The fourth-order valence-corrected chi connectivity index (χ4v) is 4.13. The Balaban J connectivity index is 1.65. The van der Waals surface area contributed by atoms with Crippen LogP contribution in [0.1, 0.15) is 61.9 Å². The first kappa shape index (κ1) is 16.5. The Labute approximate surface area is 150 Å². The fraction of sp³-hybridized carbons (Fsp3) is 0.474. The van der Waals surface area contributed by atoms with Crippen LogP contribution < -0.4 is 16.0 Å². The van der Waals surface area contributed by atoms with Gasteiger partial charge in [0.25, 0.3) is 5.56 Å². The molecule has 25 heavy (non-hydrogen) atoms. The van der Waals surface area contributed by atoms with Crippen LogP contribution in [0.5, 0.6) is 5.75 Å². The third-order valence-electron chi connectivity index (χ3n) is 5.27. The van der Waals surface area contributed by atoms with Crippen LogP contribution in [0.3, 0.4) is 0 Å². The van der Waals surface area contributed by atoms with Gasteiger partial charge < -0.3 is 9.72 Å². The molecule has 5 nitrogen and oxygen atoms in total. The molecule has 0 aliphatic heterocycles. The van der Waals surface area contributed by atoms with Gasteiger partial charge in [-0.2, -0.15) is 0 Å². The Bertz CT molecular complexity index is 879. The molecule has 0 saturated heterocycles. The van der Waals surface area contributed by atoms with Crippen LogP contribution in [0.2, 0.25) is 5.02 Å². The summed E-state index contributed by atoms with van der Waals surface area (Å²) in [5, 5.41) is 0.642. The molecule has 1 unspecified atom stereocenters. The van der Waals surface area contributed by atoms with Gasteiger partial charge in [0, 0.05) is 16.6 Å². The number of halogens is 1. The van der Waals surface area contributed by atoms with E-state index in [2.05, 4.69) is 4.98 Å². The predicted molar refractivity (Wildman–Crippen MR) is 96.6 cm³/mol. The fourth-order valence-electron chi connectivity index (χ4n) is 4.01. The zero-order chi connectivity index (χ0) is 17.4. The van der Waals surface area contributed by atoms with Gasteiger partial charge in [0.1, 0.15) is 11.9 Å². The second-order valence-corrected chi connectivity index (χ2v) is 7.32. The van der Waals surface area contributed by atoms with E-state index in [0.717, 1.165) is 25.7 Å². The molecule has 2 aliphatic rings. The third kappa shape index (κ3) is 3.13. The lowest BCUT2D eigenvalue weighted by molar-refractivity contribution is 0.202. The van der Waals surface area contributed by atoms with E-state index in [9.17, 15) is 9.59 Å². The lowest BCUT2D eigenvalue weighted by atomic mass is 9.95. The topological polar surface area (TPSA) is 64.1 Å². The highest BCUT2D eigenvalue weighted by molar-refractivity contribution is 6.30. The van der Waals surface area contributed by atoms with E-state index in [-0.39, 0.29) is 23.4 Å². The number of fused-ring (bicyclic) bond motifs is 1. The number of aromatic nitrogens is 2. The lowest BCUT2D eigenvalue weighted by Crippen LogP contribution is -2.41. The molecular weight excluding hydrogens is 340 g/mol. The molecular formula is C19H21ClN2O3. The van der Waals surface area contributed by atoms with Gasteiger partial charge >= 0.3 is 5.69 Å². The number of H-pyrrole nitrogens is 1. The van der Waals surface area contributed by atoms with Crippen molar-refractivity contribution in [1.29, 1.82) is 0 Å². The SMILES string of the molecule is O=c1[nH]c2c(c(=O)n1C1CCCCC1)CCC2Oc1ccc(Cl)cc1. The van der Waals surface area contributed by atoms with E-state index in [4.69, 9.17) is 16.3 Å². The molecule has 2 aliphatic carbocycles. The van der Waals surface area contributed by atoms with E-state index in [0.29, 0.717) is 34.9 Å². The van der Waals surface area contributed by atoms with Gasteiger partial charge in [0.05, 0.1) is 5.69 Å². The van der Waals surface area contributed by atoms with Crippen molar-refractivity contribution in [3.63, 3.8) is 0 Å². The minimum absolute atomic E-state index is 0.0338. The van der Waals surface area contributed by atoms with E-state index in [1.807, 2.05) is 0 Å². The Morgan fingerprint density at radius 3 is 2.48 bits per heavy atom. The molecule has 1 fully saturated rings. The first-order valence-electron chi connectivity index (χ1n) is 8.93. The quantitative estimate of drug-likeness (QED) is 0.906. The molecule has 1 saturated carbocycles. The Hall–Kier alpha value is -2.01. The molecule has 132 valence electrons. The van der Waals surface area contributed by atoms with Crippen LogP contribution in [-0.4, -0.2) is 9.55 Å². The molecule has 0 amide bonds. The molecule has 1 aromatic carbocycles. The molecule has 1 heterocycles. The highest BCUT2D eigenvalue weighted by Gasteiger charge is 2.31. The summed E-state index contributed by atoms with van der Waals surface area (Å²) >= 11 is 5.90. The van der Waals surface area contributed by atoms with E-state index in [1.54, 1.807) is 24.3 Å². The second-order valence-electron chi connectivity index (χ2n) is 6.89. The van der Waals surface area contributed by atoms with Gasteiger partial charge in [-0.1, -0.05) is 30.9 Å². The van der Waals surface area contributed by atoms with Crippen molar-refractivity contribution >= 4 is 11.6 Å². The number of hydrogen-bond acceptors (Lipinski definition) is 3. The standard InChI is InChI=1S/C19H21ClN2O3/c20-12-6-8-14(9-7-12)25-16-11-10-15-17(16)21-19(24)22(18(15)23)13-4-2-1-3-5-13/h6-9,13,16H,1-5,10-11H2,(H,21,24). The first-order chi connectivity index (χ1) is 12.1. The van der Waals surface area contributed by atoms with Gasteiger partial charge in [-0.25, -0.2) is 4.79 Å². The van der Waals surface area contributed by atoms with E-state index >= 15 is 0 Å². The van der Waals surface area contributed by atoms with Crippen molar-refractivity contribution in [3.05, 3.63) is 61.4 Å². The van der Waals surface area contributed by atoms with Gasteiger partial charge in [0.15, 0.2) is 0 Å². The number of ether oxygens (including phenoxy) is 1. The monoisotopic (exact) mass is 360 g/mol. The van der Waals surface area contributed by atoms with Crippen molar-refractivity contribution in [2.45, 2.75) is 57.1 Å². The van der Waals surface area contributed by atoms with Crippen molar-refractivity contribution in [1.82, 2.24) is 9.55 Å². The van der Waals surface area contributed by atoms with Gasteiger partial charge in [-0.05, 0) is 49.9 Å². The number of aromatic amines is 1. The van der Waals surface area contributed by atoms with Crippen molar-refractivity contribution in [2.75, 3.05) is 0 Å². The molecule has 0 spiro atoms. The molecule has 1 aromatic heterocycles. The largest absolute Gasteiger partial charge is 0.484 e. The average Bonchev–Trinajstić information content (AvgIpc) is 3.01. The van der Waals surface area contributed by atoms with Crippen molar-refractivity contribution in [2.24, 2.45) is 0 Å². The zero-order valence-electron chi connectivity index (χ0n) is 14.0. The highest BCUT2D eigenvalue weighted by Crippen LogP contribution is 2.32. The third-order valence-corrected chi connectivity index (χ3v) is 5.52. The van der Waals surface area contributed by atoms with Crippen LogP contribution in [0.4, 0.5) is 0 Å². The summed E-state index contributed by atoms with van der Waals surface area (Å²) < 4.78 is 7.42. The maximum Gasteiger partial charge on any atom is 0.328 e. The number of nitrogens with one attached hydrogen (secondary N) is 1. The minimum atomic E-state index is -0.303. The van der Waals surface area contributed by atoms with E-state index in [1.165, 1.54) is 11.0 Å². The van der Waals surface area contributed by atoms with Crippen LogP contribution in [0.15, 0.2) is 33.9 Å². The minimum Gasteiger partial charge on any atom is -0.484 e. The van der Waals surface area contributed by atoms with Crippen LogP contribution >= 0.6 is 11.6 Å². The van der Waals surface area contributed by atoms with Crippen LogP contribution in [-0.2, 0) is 6.42 Å². The number of rotatable bonds is 3. The number of benzene rings is 1. The molecule has 0 radical (unpaired) electrons. The smallest absolute Gasteiger partial charge is 0.328 e. The molecule has 2 aromatic rings. The lowest BCUT2D eigenvalue weighted by Gasteiger charge is -2.23. The highest BCUT2D eigenvalue weighted by atomic mass is 35.5. The Kier molecular flexibility index (Phi) is 4.42. The average molecular weight is 361 g/mol. The summed E-state index contributed by atoms with van der Waals surface area (Å²) in [5.41, 5.74) is 0.899. The molecule has 6 heteroatoms. The number of nitrogens with zero attached hydrogens (tertiary/aromatic N) is 1. The Morgan fingerprint density at radius 2 is 1.76 bits per heavy atom. The summed E-state index contributed by atoms with van der Waals surface area (Å²) in [7, 11) is 0.